The number of carbonyl (C=O) groups excluding carboxylic acids is 1. The summed E-state index contributed by atoms with van der Waals surface area (Å²) >= 11 is 0. The molecule has 0 spiro atoms. The molecule has 110 valence electrons. The maximum absolute atomic E-state index is 11.8. The van der Waals surface area contributed by atoms with Crippen LogP contribution in [0.1, 0.15) is 26.2 Å². The number of nitrogens with two attached hydrogens (primary N) is 1. The standard InChI is InChI=1S/C18H22N2O/c1-14(19)6-5-9-18(21)20-17-12-10-16(11-13-17)15-7-3-2-4-8-15/h2-4,7-8,10-14H,5-6,9,19H2,1H3,(H,20,21). The van der Waals surface area contributed by atoms with Gasteiger partial charge in [-0.3, -0.25) is 4.79 Å². The minimum absolute atomic E-state index is 0.0445. The third kappa shape index (κ3) is 5.04. The molecule has 0 aromatic heterocycles. The van der Waals surface area contributed by atoms with Gasteiger partial charge >= 0.3 is 0 Å². The van der Waals surface area contributed by atoms with Crippen molar-refractivity contribution >= 4 is 11.6 Å². The molecule has 3 heteroatoms. The number of amides is 1. The van der Waals surface area contributed by atoms with Gasteiger partial charge < -0.3 is 11.1 Å². The van der Waals surface area contributed by atoms with Crippen LogP contribution in [0.15, 0.2) is 54.6 Å². The van der Waals surface area contributed by atoms with Crippen LogP contribution >= 0.6 is 0 Å². The quantitative estimate of drug-likeness (QED) is 0.846. The van der Waals surface area contributed by atoms with Crippen molar-refractivity contribution in [2.75, 3.05) is 5.32 Å². The molecule has 3 nitrogen and oxygen atoms in total. The third-order valence-corrected chi connectivity index (χ3v) is 3.34. The lowest BCUT2D eigenvalue weighted by molar-refractivity contribution is -0.116. The highest BCUT2D eigenvalue weighted by molar-refractivity contribution is 5.90. The van der Waals surface area contributed by atoms with Gasteiger partial charge in [-0.1, -0.05) is 42.5 Å². The summed E-state index contributed by atoms with van der Waals surface area (Å²) in [5.41, 5.74) is 8.82. The molecule has 2 aromatic rings. The second kappa shape index (κ2) is 7.60. The molecule has 0 aliphatic rings. The Labute approximate surface area is 126 Å². The molecule has 0 heterocycles. The Morgan fingerprint density at radius 3 is 2.29 bits per heavy atom. The van der Waals surface area contributed by atoms with E-state index >= 15 is 0 Å². The lowest BCUT2D eigenvalue weighted by Gasteiger charge is -2.08. The highest BCUT2D eigenvalue weighted by atomic mass is 16.1. The van der Waals surface area contributed by atoms with E-state index in [1.54, 1.807) is 0 Å². The van der Waals surface area contributed by atoms with Gasteiger partial charge in [0, 0.05) is 18.2 Å². The van der Waals surface area contributed by atoms with Crippen molar-refractivity contribution in [2.24, 2.45) is 5.73 Å². The highest BCUT2D eigenvalue weighted by Gasteiger charge is 2.04. The van der Waals surface area contributed by atoms with E-state index in [1.807, 2.05) is 49.4 Å². The van der Waals surface area contributed by atoms with Crippen LogP contribution in [0, 0.1) is 0 Å². The van der Waals surface area contributed by atoms with Gasteiger partial charge in [-0.15, -0.1) is 0 Å². The summed E-state index contributed by atoms with van der Waals surface area (Å²) in [4.78, 5) is 11.8. The molecule has 21 heavy (non-hydrogen) atoms. The normalized spacial score (nSPS) is 11.9. The van der Waals surface area contributed by atoms with E-state index in [0.717, 1.165) is 24.1 Å². The van der Waals surface area contributed by atoms with E-state index < -0.39 is 0 Å². The first-order valence-corrected chi connectivity index (χ1v) is 7.36. The molecule has 0 aliphatic carbocycles. The number of benzene rings is 2. The van der Waals surface area contributed by atoms with Crippen molar-refractivity contribution in [2.45, 2.75) is 32.2 Å². The zero-order valence-electron chi connectivity index (χ0n) is 12.4. The number of hydrogen-bond donors (Lipinski definition) is 2. The van der Waals surface area contributed by atoms with E-state index in [0.29, 0.717) is 6.42 Å². The van der Waals surface area contributed by atoms with Gasteiger partial charge in [-0.05, 0) is 43.0 Å². The molecule has 0 aliphatic heterocycles. The van der Waals surface area contributed by atoms with Crippen molar-refractivity contribution in [1.29, 1.82) is 0 Å². The first kappa shape index (κ1) is 15.3. The van der Waals surface area contributed by atoms with Gasteiger partial charge in [0.05, 0.1) is 0 Å². The minimum Gasteiger partial charge on any atom is -0.328 e. The molecule has 0 fully saturated rings. The van der Waals surface area contributed by atoms with Crippen molar-refractivity contribution in [3.63, 3.8) is 0 Å². The summed E-state index contributed by atoms with van der Waals surface area (Å²) in [6.45, 7) is 1.96. The highest BCUT2D eigenvalue weighted by Crippen LogP contribution is 2.21. The van der Waals surface area contributed by atoms with Crippen molar-refractivity contribution in [3.8, 4) is 11.1 Å². The summed E-state index contributed by atoms with van der Waals surface area (Å²) in [6, 6.07) is 18.2. The van der Waals surface area contributed by atoms with Crippen molar-refractivity contribution in [1.82, 2.24) is 0 Å². The molecular weight excluding hydrogens is 260 g/mol. The molecule has 1 atom stereocenters. The molecular formula is C18H22N2O. The number of hydrogen-bond acceptors (Lipinski definition) is 2. The monoisotopic (exact) mass is 282 g/mol. The van der Waals surface area contributed by atoms with Crippen LogP contribution < -0.4 is 11.1 Å². The maximum atomic E-state index is 11.8. The van der Waals surface area contributed by atoms with E-state index in [-0.39, 0.29) is 11.9 Å². The molecule has 2 aromatic carbocycles. The van der Waals surface area contributed by atoms with Crippen LogP contribution in [0.2, 0.25) is 0 Å². The average Bonchev–Trinajstić information content (AvgIpc) is 2.48. The summed E-state index contributed by atoms with van der Waals surface area (Å²) < 4.78 is 0. The van der Waals surface area contributed by atoms with Gasteiger partial charge in [-0.25, -0.2) is 0 Å². The molecule has 2 rings (SSSR count). The van der Waals surface area contributed by atoms with Gasteiger partial charge in [0.15, 0.2) is 0 Å². The van der Waals surface area contributed by atoms with Gasteiger partial charge in [0.2, 0.25) is 5.91 Å². The third-order valence-electron chi connectivity index (χ3n) is 3.34. The SMILES string of the molecule is CC(N)CCCC(=O)Nc1ccc(-c2ccccc2)cc1. The fourth-order valence-corrected chi connectivity index (χ4v) is 2.18. The topological polar surface area (TPSA) is 55.1 Å². The van der Waals surface area contributed by atoms with Gasteiger partial charge in [0.1, 0.15) is 0 Å². The van der Waals surface area contributed by atoms with Crippen LogP contribution in [-0.4, -0.2) is 11.9 Å². The predicted octanol–water partition coefficient (Wildman–Crippen LogP) is 3.81. The lowest BCUT2D eigenvalue weighted by Crippen LogP contribution is -2.16. The number of nitrogens with one attached hydrogen (secondary N) is 1. The summed E-state index contributed by atoms with van der Waals surface area (Å²) in [5.74, 6) is 0.0445. The number of rotatable bonds is 6. The second-order valence-electron chi connectivity index (χ2n) is 5.36. The molecule has 0 saturated carbocycles. The Hall–Kier alpha value is -2.13. The van der Waals surface area contributed by atoms with Crippen LogP contribution in [0.4, 0.5) is 5.69 Å². The van der Waals surface area contributed by atoms with Crippen LogP contribution in [-0.2, 0) is 4.79 Å². The van der Waals surface area contributed by atoms with Gasteiger partial charge in [-0.2, -0.15) is 0 Å². The molecule has 1 unspecified atom stereocenters. The van der Waals surface area contributed by atoms with Crippen LogP contribution in [0.5, 0.6) is 0 Å². The maximum Gasteiger partial charge on any atom is 0.224 e. The number of carbonyl (C=O) groups is 1. The fraction of sp³-hybridized carbons (Fsp3) is 0.278. The zero-order chi connectivity index (χ0) is 15.1. The number of anilines is 1. The first-order chi connectivity index (χ1) is 10.1. The minimum atomic E-state index is 0.0445. The Morgan fingerprint density at radius 2 is 1.67 bits per heavy atom. The molecule has 0 bridgehead atoms. The Kier molecular flexibility index (Phi) is 5.52. The predicted molar refractivity (Wildman–Crippen MR) is 88.0 cm³/mol. The summed E-state index contributed by atoms with van der Waals surface area (Å²) in [6.07, 6.45) is 2.22. The van der Waals surface area contributed by atoms with E-state index in [1.165, 1.54) is 5.56 Å². The van der Waals surface area contributed by atoms with Gasteiger partial charge in [0.25, 0.3) is 0 Å². The second-order valence-corrected chi connectivity index (χ2v) is 5.36. The van der Waals surface area contributed by atoms with Crippen LogP contribution in [0.25, 0.3) is 11.1 Å². The first-order valence-electron chi connectivity index (χ1n) is 7.36. The summed E-state index contributed by atoms with van der Waals surface area (Å²) in [5, 5.41) is 2.91. The average molecular weight is 282 g/mol. The Bertz CT molecular complexity index is 562. The summed E-state index contributed by atoms with van der Waals surface area (Å²) in [7, 11) is 0. The van der Waals surface area contributed by atoms with E-state index in [9.17, 15) is 4.79 Å². The van der Waals surface area contributed by atoms with Crippen molar-refractivity contribution in [3.05, 3.63) is 54.6 Å². The smallest absolute Gasteiger partial charge is 0.224 e. The lowest BCUT2D eigenvalue weighted by atomic mass is 10.1. The molecule has 0 radical (unpaired) electrons. The van der Waals surface area contributed by atoms with E-state index in [4.69, 9.17) is 5.73 Å². The fourth-order valence-electron chi connectivity index (χ4n) is 2.18. The molecule has 3 N–H and O–H groups in total. The molecule has 0 saturated heterocycles. The largest absolute Gasteiger partial charge is 0.328 e. The van der Waals surface area contributed by atoms with Crippen molar-refractivity contribution < 1.29 is 4.79 Å². The molecule has 1 amide bonds. The van der Waals surface area contributed by atoms with Crippen LogP contribution in [0.3, 0.4) is 0 Å². The zero-order valence-corrected chi connectivity index (χ0v) is 12.4. The Morgan fingerprint density at radius 1 is 1.05 bits per heavy atom. The Balaban J connectivity index is 1.89. The van der Waals surface area contributed by atoms with E-state index in [2.05, 4.69) is 17.4 Å².